The van der Waals surface area contributed by atoms with Gasteiger partial charge in [-0.15, -0.1) is 0 Å². The minimum atomic E-state index is -0.761. The molecule has 2 aliphatic rings. The van der Waals surface area contributed by atoms with E-state index in [0.717, 1.165) is 11.1 Å². The highest BCUT2D eigenvalue weighted by Crippen LogP contribution is 2.26. The van der Waals surface area contributed by atoms with E-state index in [1.807, 2.05) is 25.1 Å². The number of carbonyl (C=O) groups excluding carboxylic acids is 1. The molecule has 1 amide bonds. The second-order valence-electron chi connectivity index (χ2n) is 5.88. The third kappa shape index (κ3) is 2.65. The Bertz CT molecular complexity index is 584. The van der Waals surface area contributed by atoms with Crippen molar-refractivity contribution in [2.24, 2.45) is 5.92 Å². The van der Waals surface area contributed by atoms with Crippen molar-refractivity contribution in [3.63, 3.8) is 0 Å². The Labute approximate surface area is 123 Å². The summed E-state index contributed by atoms with van der Waals surface area (Å²) in [4.78, 5) is 25.5. The molecule has 5 nitrogen and oxygen atoms in total. The van der Waals surface area contributed by atoms with Crippen LogP contribution in [0, 0.1) is 5.92 Å². The molecule has 1 fully saturated rings. The lowest BCUT2D eigenvalue weighted by Crippen LogP contribution is -2.46. The topological polar surface area (TPSA) is 66.8 Å². The predicted molar refractivity (Wildman–Crippen MR) is 75.8 cm³/mol. The summed E-state index contributed by atoms with van der Waals surface area (Å²) in [6.07, 6.45) is 1.05. The maximum absolute atomic E-state index is 12.6. The number of aliphatic carboxylic acids is 1. The van der Waals surface area contributed by atoms with Crippen LogP contribution in [0.4, 0.5) is 0 Å². The van der Waals surface area contributed by atoms with E-state index in [9.17, 15) is 9.59 Å². The van der Waals surface area contributed by atoms with Gasteiger partial charge in [-0.05, 0) is 43.0 Å². The molecule has 112 valence electrons. The van der Waals surface area contributed by atoms with Crippen LogP contribution in [-0.2, 0) is 22.7 Å². The molecule has 0 aromatic heterocycles. The highest BCUT2D eigenvalue weighted by Gasteiger charge is 2.32. The molecule has 0 bridgehead atoms. The molecule has 0 radical (unpaired) electrons. The molecule has 0 saturated carbocycles. The normalized spacial score (nSPS) is 24.7. The fraction of sp³-hybridized carbons (Fsp3) is 0.500. The van der Waals surface area contributed by atoms with E-state index in [1.165, 1.54) is 0 Å². The third-order valence-corrected chi connectivity index (χ3v) is 4.45. The largest absolute Gasteiger partial charge is 0.481 e. The number of hydrogen-bond donors (Lipinski definition) is 1. The van der Waals surface area contributed by atoms with Crippen LogP contribution in [0.5, 0.6) is 0 Å². The summed E-state index contributed by atoms with van der Waals surface area (Å²) in [5.74, 6) is -1.11. The van der Waals surface area contributed by atoms with Crippen molar-refractivity contribution in [3.05, 3.63) is 34.9 Å². The standard InChI is InChI=1S/C16H19NO4/c1-10-6-12(16(19)20)4-5-17(10)15(18)11-2-3-13-8-21-9-14(13)7-11/h2-3,7,10,12H,4-6,8-9H2,1H3,(H,19,20). The molecule has 2 unspecified atom stereocenters. The Morgan fingerprint density at radius 3 is 2.76 bits per heavy atom. The monoisotopic (exact) mass is 289 g/mol. The number of carboxylic acid groups (broad SMARTS) is 1. The van der Waals surface area contributed by atoms with Gasteiger partial charge in [-0.25, -0.2) is 0 Å². The summed E-state index contributed by atoms with van der Waals surface area (Å²) in [6, 6.07) is 5.65. The van der Waals surface area contributed by atoms with Gasteiger partial charge >= 0.3 is 5.97 Å². The molecule has 0 aliphatic carbocycles. The lowest BCUT2D eigenvalue weighted by Gasteiger charge is -2.36. The molecule has 1 N–H and O–H groups in total. The molecule has 1 aromatic carbocycles. The summed E-state index contributed by atoms with van der Waals surface area (Å²) < 4.78 is 5.37. The van der Waals surface area contributed by atoms with Gasteiger partial charge in [-0.2, -0.15) is 0 Å². The fourth-order valence-electron chi connectivity index (χ4n) is 3.17. The van der Waals surface area contributed by atoms with Crippen molar-refractivity contribution in [2.75, 3.05) is 6.54 Å². The van der Waals surface area contributed by atoms with Gasteiger partial charge in [0.05, 0.1) is 19.1 Å². The second kappa shape index (κ2) is 5.48. The Balaban J connectivity index is 1.75. The summed E-state index contributed by atoms with van der Waals surface area (Å²) in [6.45, 7) is 3.60. The zero-order valence-electron chi connectivity index (χ0n) is 12.0. The molecule has 2 atom stereocenters. The molecule has 3 rings (SSSR count). The van der Waals surface area contributed by atoms with Crippen molar-refractivity contribution in [2.45, 2.75) is 39.0 Å². The number of carboxylic acids is 1. The number of fused-ring (bicyclic) bond motifs is 1. The molecule has 2 aliphatic heterocycles. The van der Waals surface area contributed by atoms with Crippen molar-refractivity contribution in [1.29, 1.82) is 0 Å². The van der Waals surface area contributed by atoms with Gasteiger partial charge in [0.1, 0.15) is 0 Å². The van der Waals surface area contributed by atoms with E-state index < -0.39 is 5.97 Å². The maximum atomic E-state index is 12.6. The Morgan fingerprint density at radius 1 is 1.29 bits per heavy atom. The van der Waals surface area contributed by atoms with Gasteiger partial charge in [0.15, 0.2) is 0 Å². The highest BCUT2D eigenvalue weighted by atomic mass is 16.5. The molecule has 1 aromatic rings. The number of rotatable bonds is 2. The minimum absolute atomic E-state index is 0.0129. The van der Waals surface area contributed by atoms with E-state index in [-0.39, 0.29) is 17.9 Å². The quantitative estimate of drug-likeness (QED) is 0.904. The summed E-state index contributed by atoms with van der Waals surface area (Å²) in [5.41, 5.74) is 2.89. The number of amides is 1. The summed E-state index contributed by atoms with van der Waals surface area (Å²) in [5, 5.41) is 9.09. The second-order valence-corrected chi connectivity index (χ2v) is 5.88. The van der Waals surface area contributed by atoms with Crippen molar-refractivity contribution < 1.29 is 19.4 Å². The lowest BCUT2D eigenvalue weighted by atomic mass is 9.91. The fourth-order valence-corrected chi connectivity index (χ4v) is 3.17. The molecule has 0 spiro atoms. The van der Waals surface area contributed by atoms with E-state index in [1.54, 1.807) is 4.90 Å². The summed E-state index contributed by atoms with van der Waals surface area (Å²) in [7, 11) is 0. The zero-order chi connectivity index (χ0) is 15.0. The molecular weight excluding hydrogens is 270 g/mol. The van der Waals surface area contributed by atoms with E-state index in [0.29, 0.717) is 38.2 Å². The first-order valence-electron chi connectivity index (χ1n) is 7.29. The highest BCUT2D eigenvalue weighted by molar-refractivity contribution is 5.95. The molecule has 5 heteroatoms. The van der Waals surface area contributed by atoms with Gasteiger partial charge < -0.3 is 14.7 Å². The van der Waals surface area contributed by atoms with Crippen molar-refractivity contribution >= 4 is 11.9 Å². The van der Waals surface area contributed by atoms with Crippen LogP contribution in [0.25, 0.3) is 0 Å². The number of piperidine rings is 1. The van der Waals surface area contributed by atoms with Gasteiger partial charge in [-0.1, -0.05) is 6.07 Å². The van der Waals surface area contributed by atoms with Crippen LogP contribution in [-0.4, -0.2) is 34.5 Å². The first-order chi connectivity index (χ1) is 10.1. The lowest BCUT2D eigenvalue weighted by molar-refractivity contribution is -0.143. The van der Waals surface area contributed by atoms with E-state index in [4.69, 9.17) is 9.84 Å². The van der Waals surface area contributed by atoms with Crippen LogP contribution >= 0.6 is 0 Å². The predicted octanol–water partition coefficient (Wildman–Crippen LogP) is 2.04. The van der Waals surface area contributed by atoms with Gasteiger partial charge in [0.25, 0.3) is 5.91 Å². The number of benzene rings is 1. The van der Waals surface area contributed by atoms with Crippen LogP contribution in [0.2, 0.25) is 0 Å². The number of likely N-dealkylation sites (tertiary alicyclic amines) is 1. The first-order valence-corrected chi connectivity index (χ1v) is 7.29. The number of ether oxygens (including phenoxy) is 1. The van der Waals surface area contributed by atoms with Crippen LogP contribution in [0.1, 0.15) is 41.3 Å². The Hall–Kier alpha value is -1.88. The number of carbonyl (C=O) groups is 2. The molecular formula is C16H19NO4. The number of hydrogen-bond acceptors (Lipinski definition) is 3. The van der Waals surface area contributed by atoms with E-state index in [2.05, 4.69) is 0 Å². The number of nitrogens with zero attached hydrogens (tertiary/aromatic N) is 1. The van der Waals surface area contributed by atoms with Crippen molar-refractivity contribution in [1.82, 2.24) is 4.90 Å². The third-order valence-electron chi connectivity index (χ3n) is 4.45. The van der Waals surface area contributed by atoms with Crippen molar-refractivity contribution in [3.8, 4) is 0 Å². The van der Waals surface area contributed by atoms with Gasteiger partial charge in [0, 0.05) is 18.2 Å². The Kier molecular flexibility index (Phi) is 3.68. The van der Waals surface area contributed by atoms with E-state index >= 15 is 0 Å². The Morgan fingerprint density at radius 2 is 2.05 bits per heavy atom. The van der Waals surface area contributed by atoms with Gasteiger partial charge in [0.2, 0.25) is 0 Å². The average Bonchev–Trinajstić information content (AvgIpc) is 2.93. The summed E-state index contributed by atoms with van der Waals surface area (Å²) >= 11 is 0. The molecule has 2 heterocycles. The van der Waals surface area contributed by atoms with Crippen LogP contribution in [0.3, 0.4) is 0 Å². The smallest absolute Gasteiger partial charge is 0.306 e. The molecule has 21 heavy (non-hydrogen) atoms. The molecule has 1 saturated heterocycles. The average molecular weight is 289 g/mol. The minimum Gasteiger partial charge on any atom is -0.481 e. The van der Waals surface area contributed by atoms with Crippen LogP contribution < -0.4 is 0 Å². The zero-order valence-corrected chi connectivity index (χ0v) is 12.0. The maximum Gasteiger partial charge on any atom is 0.306 e. The SMILES string of the molecule is CC1CC(C(=O)O)CCN1C(=O)c1ccc2c(c1)COC2. The van der Waals surface area contributed by atoms with Crippen LogP contribution in [0.15, 0.2) is 18.2 Å². The first kappa shape index (κ1) is 14.1. The van der Waals surface area contributed by atoms with Gasteiger partial charge in [-0.3, -0.25) is 9.59 Å².